The average molecular weight is 309 g/mol. The van der Waals surface area contributed by atoms with Crippen LogP contribution < -0.4 is 4.74 Å². The van der Waals surface area contributed by atoms with Crippen LogP contribution in [0.15, 0.2) is 48.5 Å². The number of carboxylic acids is 1. The van der Waals surface area contributed by atoms with Crippen LogP contribution in [0.25, 0.3) is 0 Å². The zero-order chi connectivity index (χ0) is 16.7. The second kappa shape index (κ2) is 8.02. The van der Waals surface area contributed by atoms with Crippen LogP contribution in [-0.2, 0) is 0 Å². The van der Waals surface area contributed by atoms with Crippen LogP contribution in [0.4, 0.5) is 0 Å². The van der Waals surface area contributed by atoms with E-state index >= 15 is 0 Å². The minimum absolute atomic E-state index is 0.259. The van der Waals surface area contributed by atoms with E-state index in [-0.39, 0.29) is 5.56 Å². The number of carboxylic acid groups (broad SMARTS) is 1. The third kappa shape index (κ3) is 5.50. The number of hydrogen-bond donors (Lipinski definition) is 1. The Morgan fingerprint density at radius 1 is 1.00 bits per heavy atom. The molecule has 4 heteroatoms. The van der Waals surface area contributed by atoms with Crippen LogP contribution in [0.1, 0.15) is 21.5 Å². The van der Waals surface area contributed by atoms with Gasteiger partial charge in [-0.15, -0.1) is 0 Å². The van der Waals surface area contributed by atoms with Crippen molar-refractivity contribution in [1.82, 2.24) is 4.90 Å². The molecule has 0 unspecified atom stereocenters. The van der Waals surface area contributed by atoms with E-state index in [0.717, 1.165) is 23.4 Å². The Bertz CT molecular complexity index is 707. The Morgan fingerprint density at radius 3 is 2.00 bits per heavy atom. The molecule has 0 atom stereocenters. The Kier molecular flexibility index (Phi) is 5.79. The summed E-state index contributed by atoms with van der Waals surface area (Å²) in [7, 11) is 4.01. The van der Waals surface area contributed by atoms with Crippen LogP contribution in [0.2, 0.25) is 0 Å². The van der Waals surface area contributed by atoms with Crippen molar-refractivity contribution in [2.75, 3.05) is 27.2 Å². The van der Waals surface area contributed by atoms with E-state index < -0.39 is 5.97 Å². The largest absolute Gasteiger partial charge is 0.492 e. The zero-order valence-electron chi connectivity index (χ0n) is 13.2. The fourth-order valence-electron chi connectivity index (χ4n) is 1.82. The Balaban J connectivity index is 1.97. The summed E-state index contributed by atoms with van der Waals surface area (Å²) in [5, 5.41) is 8.85. The first kappa shape index (κ1) is 16.6. The van der Waals surface area contributed by atoms with Crippen LogP contribution in [-0.4, -0.2) is 43.2 Å². The summed E-state index contributed by atoms with van der Waals surface area (Å²) >= 11 is 0. The van der Waals surface area contributed by atoms with E-state index in [1.54, 1.807) is 24.3 Å². The first-order chi connectivity index (χ1) is 11.0. The van der Waals surface area contributed by atoms with Crippen molar-refractivity contribution in [3.63, 3.8) is 0 Å². The molecule has 0 fully saturated rings. The van der Waals surface area contributed by atoms with Crippen molar-refractivity contribution in [2.45, 2.75) is 0 Å². The van der Waals surface area contributed by atoms with Gasteiger partial charge in [0, 0.05) is 17.7 Å². The molecule has 118 valence electrons. The number of benzene rings is 2. The molecule has 0 saturated carbocycles. The van der Waals surface area contributed by atoms with E-state index in [4.69, 9.17) is 9.84 Å². The highest BCUT2D eigenvalue weighted by atomic mass is 16.5. The number of carbonyl (C=O) groups is 1. The molecule has 0 saturated heterocycles. The molecule has 0 aromatic heterocycles. The topological polar surface area (TPSA) is 49.8 Å². The quantitative estimate of drug-likeness (QED) is 0.863. The third-order valence-corrected chi connectivity index (χ3v) is 3.14. The molecule has 0 heterocycles. The highest BCUT2D eigenvalue weighted by molar-refractivity contribution is 5.87. The second-order valence-corrected chi connectivity index (χ2v) is 5.31. The minimum Gasteiger partial charge on any atom is -0.492 e. The number of ether oxygens (including phenoxy) is 1. The maximum atomic E-state index is 10.8. The summed E-state index contributed by atoms with van der Waals surface area (Å²) < 4.78 is 5.62. The van der Waals surface area contributed by atoms with Gasteiger partial charge in [0.15, 0.2) is 0 Å². The lowest BCUT2D eigenvalue weighted by atomic mass is 10.1. The van der Waals surface area contributed by atoms with Crippen molar-refractivity contribution < 1.29 is 14.6 Å². The van der Waals surface area contributed by atoms with Crippen molar-refractivity contribution in [1.29, 1.82) is 0 Å². The molecule has 4 nitrogen and oxygen atoms in total. The predicted octanol–water partition coefficient (Wildman–Crippen LogP) is 2.73. The number of rotatable bonds is 5. The molecule has 0 aliphatic carbocycles. The molecule has 0 amide bonds. The maximum Gasteiger partial charge on any atom is 0.335 e. The summed E-state index contributed by atoms with van der Waals surface area (Å²) in [5.41, 5.74) is 1.92. The molecule has 23 heavy (non-hydrogen) atoms. The number of aromatic carboxylic acids is 1. The van der Waals surface area contributed by atoms with Gasteiger partial charge in [0.1, 0.15) is 12.4 Å². The smallest absolute Gasteiger partial charge is 0.335 e. The number of hydrogen-bond acceptors (Lipinski definition) is 3. The monoisotopic (exact) mass is 309 g/mol. The van der Waals surface area contributed by atoms with Gasteiger partial charge in [0.25, 0.3) is 0 Å². The summed E-state index contributed by atoms with van der Waals surface area (Å²) in [6, 6.07) is 14.1. The van der Waals surface area contributed by atoms with Gasteiger partial charge in [-0.25, -0.2) is 4.79 Å². The molecule has 0 aliphatic heterocycles. The summed E-state index contributed by atoms with van der Waals surface area (Å²) in [4.78, 5) is 12.9. The van der Waals surface area contributed by atoms with Gasteiger partial charge in [-0.05, 0) is 62.6 Å². The van der Waals surface area contributed by atoms with Gasteiger partial charge in [-0.3, -0.25) is 0 Å². The van der Waals surface area contributed by atoms with Gasteiger partial charge in [-0.2, -0.15) is 0 Å². The Labute approximate surface area is 136 Å². The second-order valence-electron chi connectivity index (χ2n) is 5.31. The fraction of sp³-hybridized carbons (Fsp3) is 0.211. The molecule has 1 N–H and O–H groups in total. The lowest BCUT2D eigenvalue weighted by Crippen LogP contribution is -2.19. The summed E-state index contributed by atoms with van der Waals surface area (Å²) in [6.45, 7) is 1.52. The molecule has 0 radical (unpaired) electrons. The lowest BCUT2D eigenvalue weighted by molar-refractivity contribution is 0.0697. The van der Waals surface area contributed by atoms with Crippen molar-refractivity contribution in [3.05, 3.63) is 65.2 Å². The van der Waals surface area contributed by atoms with E-state index in [9.17, 15) is 4.79 Å². The van der Waals surface area contributed by atoms with Crippen LogP contribution in [0, 0.1) is 11.8 Å². The third-order valence-electron chi connectivity index (χ3n) is 3.14. The first-order valence-electron chi connectivity index (χ1n) is 7.27. The molecule has 0 spiro atoms. The van der Waals surface area contributed by atoms with Crippen LogP contribution >= 0.6 is 0 Å². The predicted molar refractivity (Wildman–Crippen MR) is 89.9 cm³/mol. The molecule has 0 aliphatic rings. The van der Waals surface area contributed by atoms with Crippen LogP contribution in [0.5, 0.6) is 5.75 Å². The Morgan fingerprint density at radius 2 is 1.52 bits per heavy atom. The van der Waals surface area contributed by atoms with E-state index in [0.29, 0.717) is 6.61 Å². The van der Waals surface area contributed by atoms with Crippen molar-refractivity contribution in [3.8, 4) is 17.6 Å². The highest BCUT2D eigenvalue weighted by Gasteiger charge is 2.00. The molecule has 2 aromatic carbocycles. The van der Waals surface area contributed by atoms with E-state index in [1.165, 1.54) is 0 Å². The number of likely N-dealkylation sites (N-methyl/N-ethyl adjacent to an activating group) is 1. The van der Waals surface area contributed by atoms with Gasteiger partial charge < -0.3 is 14.7 Å². The standard InChI is InChI=1S/C19H19NO3/c1-20(2)13-14-23-18-11-7-16(8-12-18)4-3-15-5-9-17(10-6-15)19(21)22/h5-12H,13-14H2,1-2H3,(H,21,22). The first-order valence-corrected chi connectivity index (χ1v) is 7.27. The van der Waals surface area contributed by atoms with E-state index in [2.05, 4.69) is 16.7 Å². The van der Waals surface area contributed by atoms with E-state index in [1.807, 2.05) is 38.4 Å². The minimum atomic E-state index is -0.936. The number of nitrogens with zero attached hydrogens (tertiary/aromatic N) is 1. The molecule has 2 aromatic rings. The normalized spacial score (nSPS) is 10.0. The SMILES string of the molecule is CN(C)CCOc1ccc(C#Cc2ccc(C(=O)O)cc2)cc1. The lowest BCUT2D eigenvalue weighted by Gasteiger charge is -2.10. The van der Waals surface area contributed by atoms with Crippen molar-refractivity contribution in [2.24, 2.45) is 0 Å². The highest BCUT2D eigenvalue weighted by Crippen LogP contribution is 2.11. The molecule has 2 rings (SSSR count). The van der Waals surface area contributed by atoms with Gasteiger partial charge in [0.05, 0.1) is 5.56 Å². The van der Waals surface area contributed by atoms with Crippen molar-refractivity contribution >= 4 is 5.97 Å². The Hall–Kier alpha value is -2.77. The molecular formula is C19H19NO3. The summed E-state index contributed by atoms with van der Waals surface area (Å²) in [6.07, 6.45) is 0. The molecule has 0 bridgehead atoms. The average Bonchev–Trinajstić information content (AvgIpc) is 2.54. The van der Waals surface area contributed by atoms with Crippen LogP contribution in [0.3, 0.4) is 0 Å². The van der Waals surface area contributed by atoms with Gasteiger partial charge >= 0.3 is 5.97 Å². The maximum absolute atomic E-state index is 10.8. The van der Waals surface area contributed by atoms with Gasteiger partial charge in [-0.1, -0.05) is 11.8 Å². The zero-order valence-corrected chi connectivity index (χ0v) is 13.2. The fourth-order valence-corrected chi connectivity index (χ4v) is 1.82. The summed E-state index contributed by atoms with van der Waals surface area (Å²) in [5.74, 6) is 5.95. The molecular weight excluding hydrogens is 290 g/mol. The van der Waals surface area contributed by atoms with Gasteiger partial charge in [0.2, 0.25) is 0 Å².